The molecular weight excluding hydrogens is 212 g/mol. The van der Waals surface area contributed by atoms with Crippen LogP contribution < -0.4 is 0 Å². The van der Waals surface area contributed by atoms with Gasteiger partial charge in [0.05, 0.1) is 0 Å². The number of ether oxygens (including phenoxy) is 1. The molecule has 88 valence electrons. The van der Waals surface area contributed by atoms with Crippen molar-refractivity contribution in [2.24, 2.45) is 0 Å². The number of carboxylic acids is 1. The smallest absolute Gasteiger partial charge is 0.332 e. The summed E-state index contributed by atoms with van der Waals surface area (Å²) in [7, 11) is 0. The molecule has 0 aromatic carbocycles. The van der Waals surface area contributed by atoms with Gasteiger partial charge in [-0.2, -0.15) is 4.98 Å². The lowest BCUT2D eigenvalue weighted by atomic mass is 10.2. The zero-order valence-electron chi connectivity index (χ0n) is 9.05. The molecule has 2 atom stereocenters. The number of carboxylic acid groups (broad SMARTS) is 1. The van der Waals surface area contributed by atoms with Crippen LogP contribution >= 0.6 is 0 Å². The highest BCUT2D eigenvalue weighted by atomic mass is 16.5. The summed E-state index contributed by atoms with van der Waals surface area (Å²) in [4.78, 5) is 14.9. The van der Waals surface area contributed by atoms with Crippen molar-refractivity contribution in [1.82, 2.24) is 10.1 Å². The van der Waals surface area contributed by atoms with Crippen LogP contribution in [0.4, 0.5) is 0 Å². The van der Waals surface area contributed by atoms with E-state index in [1.807, 2.05) is 6.92 Å². The summed E-state index contributed by atoms with van der Waals surface area (Å²) in [6.07, 6.45) is 1.71. The Balaban J connectivity index is 2.00. The van der Waals surface area contributed by atoms with Crippen molar-refractivity contribution in [3.05, 3.63) is 11.7 Å². The van der Waals surface area contributed by atoms with Gasteiger partial charge in [-0.1, -0.05) is 12.1 Å². The molecule has 1 aliphatic heterocycles. The van der Waals surface area contributed by atoms with Gasteiger partial charge >= 0.3 is 5.97 Å². The molecule has 1 aromatic heterocycles. The molecule has 2 heterocycles. The monoisotopic (exact) mass is 226 g/mol. The molecule has 6 nitrogen and oxygen atoms in total. The summed E-state index contributed by atoms with van der Waals surface area (Å²) in [5.41, 5.74) is 0. The van der Waals surface area contributed by atoms with Crippen molar-refractivity contribution in [2.45, 2.75) is 44.8 Å². The van der Waals surface area contributed by atoms with Crippen LogP contribution in [-0.2, 0) is 16.0 Å². The van der Waals surface area contributed by atoms with Crippen molar-refractivity contribution in [1.29, 1.82) is 0 Å². The molecule has 0 saturated carbocycles. The number of nitrogens with zero attached hydrogens (tertiary/aromatic N) is 2. The van der Waals surface area contributed by atoms with Crippen LogP contribution in [0.15, 0.2) is 4.52 Å². The van der Waals surface area contributed by atoms with Crippen LogP contribution in [-0.4, -0.2) is 27.3 Å². The molecule has 2 rings (SSSR count). The first-order chi connectivity index (χ1) is 7.70. The second kappa shape index (κ2) is 4.61. The number of hydrogen-bond donors (Lipinski definition) is 1. The summed E-state index contributed by atoms with van der Waals surface area (Å²) in [6, 6.07) is 0. The second-order valence-corrected chi connectivity index (χ2v) is 3.83. The molecule has 2 unspecified atom stereocenters. The van der Waals surface area contributed by atoms with Crippen LogP contribution in [0.1, 0.15) is 44.0 Å². The van der Waals surface area contributed by atoms with Gasteiger partial charge in [0.2, 0.25) is 0 Å². The third-order valence-corrected chi connectivity index (χ3v) is 2.53. The van der Waals surface area contributed by atoms with Crippen LogP contribution in [0.25, 0.3) is 0 Å². The van der Waals surface area contributed by atoms with Crippen molar-refractivity contribution < 1.29 is 19.2 Å². The number of rotatable bonds is 4. The Kier molecular flexibility index (Phi) is 3.19. The zero-order valence-corrected chi connectivity index (χ0v) is 9.05. The first kappa shape index (κ1) is 11.1. The van der Waals surface area contributed by atoms with E-state index in [1.165, 1.54) is 0 Å². The largest absolute Gasteiger partial charge is 0.479 e. The fourth-order valence-corrected chi connectivity index (χ4v) is 1.72. The van der Waals surface area contributed by atoms with Gasteiger partial charge in [-0.05, 0) is 19.3 Å². The molecular formula is C10H14N2O4. The van der Waals surface area contributed by atoms with Gasteiger partial charge in [-0.3, -0.25) is 0 Å². The second-order valence-electron chi connectivity index (χ2n) is 3.83. The van der Waals surface area contributed by atoms with E-state index >= 15 is 0 Å². The van der Waals surface area contributed by atoms with E-state index in [1.54, 1.807) is 0 Å². The Labute approximate surface area is 92.6 Å². The highest BCUT2D eigenvalue weighted by Gasteiger charge is 2.34. The summed E-state index contributed by atoms with van der Waals surface area (Å²) in [5, 5.41) is 12.6. The minimum Gasteiger partial charge on any atom is -0.479 e. The Morgan fingerprint density at radius 1 is 1.56 bits per heavy atom. The molecule has 0 aliphatic carbocycles. The lowest BCUT2D eigenvalue weighted by molar-refractivity contribution is -0.150. The van der Waals surface area contributed by atoms with Gasteiger partial charge in [0.1, 0.15) is 6.10 Å². The fourth-order valence-electron chi connectivity index (χ4n) is 1.72. The molecule has 0 radical (unpaired) electrons. The predicted octanol–water partition coefficient (Wildman–Crippen LogP) is 1.33. The van der Waals surface area contributed by atoms with E-state index in [0.717, 1.165) is 12.8 Å². The fraction of sp³-hybridized carbons (Fsp3) is 0.700. The minimum atomic E-state index is -0.934. The summed E-state index contributed by atoms with van der Waals surface area (Å²) in [6.45, 7) is 2.03. The Morgan fingerprint density at radius 2 is 2.38 bits per heavy atom. The molecule has 1 saturated heterocycles. The molecule has 0 spiro atoms. The number of carbonyl (C=O) groups is 1. The maximum absolute atomic E-state index is 10.7. The summed E-state index contributed by atoms with van der Waals surface area (Å²) < 4.78 is 10.4. The standard InChI is InChI=1S/C10H14N2O4/c1-2-3-8-11-9(16-12-8)6-4-5-7(15-6)10(13)14/h6-7H,2-5H2,1H3,(H,13,14). The van der Waals surface area contributed by atoms with Crippen molar-refractivity contribution in [3.8, 4) is 0 Å². The van der Waals surface area contributed by atoms with E-state index in [9.17, 15) is 4.79 Å². The van der Waals surface area contributed by atoms with Gasteiger partial charge < -0.3 is 14.4 Å². The van der Waals surface area contributed by atoms with Gasteiger partial charge in [-0.25, -0.2) is 4.79 Å². The van der Waals surface area contributed by atoms with Crippen LogP contribution in [0.3, 0.4) is 0 Å². The molecule has 16 heavy (non-hydrogen) atoms. The van der Waals surface area contributed by atoms with E-state index in [4.69, 9.17) is 14.4 Å². The quantitative estimate of drug-likeness (QED) is 0.833. The van der Waals surface area contributed by atoms with Gasteiger partial charge in [0.15, 0.2) is 11.9 Å². The third kappa shape index (κ3) is 2.21. The zero-order chi connectivity index (χ0) is 11.5. The van der Waals surface area contributed by atoms with Gasteiger partial charge in [0.25, 0.3) is 5.89 Å². The topological polar surface area (TPSA) is 85.5 Å². The highest BCUT2D eigenvalue weighted by Crippen LogP contribution is 2.31. The van der Waals surface area contributed by atoms with Crippen LogP contribution in [0.5, 0.6) is 0 Å². The average molecular weight is 226 g/mol. The SMILES string of the molecule is CCCc1noc(C2CCC(C(=O)O)O2)n1. The Morgan fingerprint density at radius 3 is 3.00 bits per heavy atom. The first-order valence-electron chi connectivity index (χ1n) is 5.41. The predicted molar refractivity (Wildman–Crippen MR) is 52.8 cm³/mol. The average Bonchev–Trinajstić information content (AvgIpc) is 2.84. The van der Waals surface area contributed by atoms with E-state index in [2.05, 4.69) is 10.1 Å². The number of hydrogen-bond acceptors (Lipinski definition) is 5. The van der Waals surface area contributed by atoms with Gasteiger partial charge in [0, 0.05) is 6.42 Å². The Bertz CT molecular complexity index is 377. The minimum absolute atomic E-state index is 0.362. The maximum atomic E-state index is 10.7. The normalized spacial score (nSPS) is 24.8. The lowest BCUT2D eigenvalue weighted by Gasteiger charge is -2.05. The highest BCUT2D eigenvalue weighted by molar-refractivity contribution is 5.72. The molecule has 1 aliphatic rings. The first-order valence-corrected chi connectivity index (χ1v) is 5.41. The molecule has 1 N–H and O–H groups in total. The van der Waals surface area contributed by atoms with Crippen molar-refractivity contribution in [3.63, 3.8) is 0 Å². The van der Waals surface area contributed by atoms with Crippen molar-refractivity contribution in [2.75, 3.05) is 0 Å². The lowest BCUT2D eigenvalue weighted by Crippen LogP contribution is -2.18. The maximum Gasteiger partial charge on any atom is 0.332 e. The molecule has 0 amide bonds. The van der Waals surface area contributed by atoms with Crippen molar-refractivity contribution >= 4 is 5.97 Å². The van der Waals surface area contributed by atoms with Gasteiger partial charge in [-0.15, -0.1) is 0 Å². The third-order valence-electron chi connectivity index (χ3n) is 2.53. The number of aromatic nitrogens is 2. The summed E-state index contributed by atoms with van der Waals surface area (Å²) in [5.74, 6) is 0.114. The van der Waals surface area contributed by atoms with Crippen LogP contribution in [0, 0.1) is 0 Å². The number of aryl methyl sites for hydroxylation is 1. The molecule has 1 fully saturated rings. The molecule has 6 heteroatoms. The van der Waals surface area contributed by atoms with E-state index < -0.39 is 12.1 Å². The Hall–Kier alpha value is -1.43. The van der Waals surface area contributed by atoms with E-state index in [0.29, 0.717) is 24.6 Å². The molecule has 1 aromatic rings. The summed E-state index contributed by atoms with van der Waals surface area (Å²) >= 11 is 0. The molecule has 0 bridgehead atoms. The number of aliphatic carboxylic acids is 1. The van der Waals surface area contributed by atoms with Crippen LogP contribution in [0.2, 0.25) is 0 Å². The van der Waals surface area contributed by atoms with E-state index in [-0.39, 0.29) is 6.10 Å².